The first-order valence-corrected chi connectivity index (χ1v) is 7.98. The largest absolute Gasteiger partial charge is 0.497 e. The molecule has 0 aliphatic heterocycles. The molecular formula is C17H17N3O2S. The van der Waals surface area contributed by atoms with Crippen LogP contribution in [0.2, 0.25) is 0 Å². The molecule has 1 N–H and O–H groups in total. The van der Waals surface area contributed by atoms with E-state index < -0.39 is 0 Å². The summed E-state index contributed by atoms with van der Waals surface area (Å²) in [5.41, 5.74) is 1.90. The molecule has 1 heterocycles. The van der Waals surface area contributed by atoms with Crippen LogP contribution in [0.4, 0.5) is 9.93 Å². The molecule has 0 saturated heterocycles. The molecule has 0 atom stereocenters. The highest BCUT2D eigenvalue weighted by Gasteiger charge is 2.12. The molecule has 3 aromatic rings. The van der Waals surface area contributed by atoms with Crippen molar-refractivity contribution >= 4 is 32.7 Å². The highest BCUT2D eigenvalue weighted by Crippen LogP contribution is 2.25. The zero-order chi connectivity index (χ0) is 16.2. The maximum Gasteiger partial charge on any atom is 0.323 e. The smallest absolute Gasteiger partial charge is 0.323 e. The molecule has 2 aromatic carbocycles. The lowest BCUT2D eigenvalue weighted by Crippen LogP contribution is -2.30. The van der Waals surface area contributed by atoms with Gasteiger partial charge in [-0.1, -0.05) is 35.6 Å². The quantitative estimate of drug-likeness (QED) is 0.789. The van der Waals surface area contributed by atoms with E-state index in [2.05, 4.69) is 10.3 Å². The van der Waals surface area contributed by atoms with Gasteiger partial charge in [-0.25, -0.2) is 9.78 Å². The maximum absolute atomic E-state index is 12.3. The molecule has 0 unspecified atom stereocenters. The summed E-state index contributed by atoms with van der Waals surface area (Å²) in [6, 6.07) is 15.3. The third kappa shape index (κ3) is 3.60. The number of thiazole rings is 1. The molecular weight excluding hydrogens is 310 g/mol. The van der Waals surface area contributed by atoms with Crippen LogP contribution in [0.5, 0.6) is 5.75 Å². The summed E-state index contributed by atoms with van der Waals surface area (Å²) >= 11 is 1.47. The Balaban J connectivity index is 1.67. The van der Waals surface area contributed by atoms with E-state index in [9.17, 15) is 4.79 Å². The molecule has 1 aromatic heterocycles. The van der Waals surface area contributed by atoms with Gasteiger partial charge in [0, 0.05) is 13.6 Å². The Morgan fingerprint density at radius 2 is 2.09 bits per heavy atom. The van der Waals surface area contributed by atoms with E-state index in [1.54, 1.807) is 19.1 Å². The van der Waals surface area contributed by atoms with Crippen molar-refractivity contribution in [3.8, 4) is 5.75 Å². The van der Waals surface area contributed by atoms with Gasteiger partial charge in [0.1, 0.15) is 5.75 Å². The number of methoxy groups -OCH3 is 1. The van der Waals surface area contributed by atoms with Crippen LogP contribution in [0.1, 0.15) is 5.56 Å². The van der Waals surface area contributed by atoms with Crippen LogP contribution in [0, 0.1) is 0 Å². The Labute approximate surface area is 138 Å². The molecule has 3 rings (SSSR count). The molecule has 2 amide bonds. The van der Waals surface area contributed by atoms with Gasteiger partial charge < -0.3 is 9.64 Å². The van der Waals surface area contributed by atoms with Gasteiger partial charge >= 0.3 is 6.03 Å². The van der Waals surface area contributed by atoms with Crippen LogP contribution in [0.3, 0.4) is 0 Å². The summed E-state index contributed by atoms with van der Waals surface area (Å²) < 4.78 is 6.25. The average molecular weight is 327 g/mol. The minimum atomic E-state index is -0.188. The Morgan fingerprint density at radius 3 is 2.87 bits per heavy atom. The summed E-state index contributed by atoms with van der Waals surface area (Å²) in [7, 11) is 3.38. The monoisotopic (exact) mass is 327 g/mol. The second-order valence-corrected chi connectivity index (χ2v) is 6.16. The SMILES string of the molecule is COc1cccc(CN(C)C(=O)Nc2nc3ccccc3s2)c1. The number of carbonyl (C=O) groups excluding carboxylic acids is 1. The molecule has 0 spiro atoms. The lowest BCUT2D eigenvalue weighted by molar-refractivity contribution is 0.220. The predicted octanol–water partition coefficient (Wildman–Crippen LogP) is 3.97. The Hall–Kier alpha value is -2.60. The molecule has 5 nitrogen and oxygen atoms in total. The predicted molar refractivity (Wildman–Crippen MR) is 93.1 cm³/mol. The van der Waals surface area contributed by atoms with E-state index in [4.69, 9.17) is 4.74 Å². The molecule has 0 bridgehead atoms. The molecule has 6 heteroatoms. The van der Waals surface area contributed by atoms with Crippen LogP contribution < -0.4 is 10.1 Å². The second kappa shape index (κ2) is 6.66. The molecule has 23 heavy (non-hydrogen) atoms. The van der Waals surface area contributed by atoms with Crippen molar-refractivity contribution in [3.63, 3.8) is 0 Å². The molecule has 0 aliphatic rings. The van der Waals surface area contributed by atoms with E-state index in [1.165, 1.54) is 11.3 Å². The highest BCUT2D eigenvalue weighted by atomic mass is 32.1. The van der Waals surface area contributed by atoms with Crippen LogP contribution in [0.25, 0.3) is 10.2 Å². The van der Waals surface area contributed by atoms with Crippen LogP contribution in [-0.4, -0.2) is 30.1 Å². The molecule has 0 fully saturated rings. The number of rotatable bonds is 4. The number of urea groups is 1. The van der Waals surface area contributed by atoms with Gasteiger partial charge in [-0.3, -0.25) is 5.32 Å². The number of ether oxygens (including phenoxy) is 1. The van der Waals surface area contributed by atoms with E-state index in [1.807, 2.05) is 48.5 Å². The highest BCUT2D eigenvalue weighted by molar-refractivity contribution is 7.22. The van der Waals surface area contributed by atoms with Gasteiger partial charge in [-0.05, 0) is 29.8 Å². The number of fused-ring (bicyclic) bond motifs is 1. The minimum absolute atomic E-state index is 0.188. The summed E-state index contributed by atoms with van der Waals surface area (Å²) in [5.74, 6) is 0.780. The number of nitrogens with zero attached hydrogens (tertiary/aromatic N) is 2. The molecule has 0 aliphatic carbocycles. The number of benzene rings is 2. The number of anilines is 1. The van der Waals surface area contributed by atoms with Gasteiger partial charge in [0.2, 0.25) is 0 Å². The van der Waals surface area contributed by atoms with Crippen LogP contribution in [0.15, 0.2) is 48.5 Å². The summed E-state index contributed by atoms with van der Waals surface area (Å²) in [6.45, 7) is 0.494. The van der Waals surface area contributed by atoms with Crippen molar-refractivity contribution in [1.29, 1.82) is 0 Å². The van der Waals surface area contributed by atoms with E-state index >= 15 is 0 Å². The Morgan fingerprint density at radius 1 is 1.26 bits per heavy atom. The van der Waals surface area contributed by atoms with Crippen molar-refractivity contribution in [2.45, 2.75) is 6.54 Å². The number of hydrogen-bond acceptors (Lipinski definition) is 4. The van der Waals surface area contributed by atoms with Crippen molar-refractivity contribution in [2.24, 2.45) is 0 Å². The van der Waals surface area contributed by atoms with Gasteiger partial charge in [0.05, 0.1) is 17.3 Å². The van der Waals surface area contributed by atoms with E-state index in [0.29, 0.717) is 11.7 Å². The van der Waals surface area contributed by atoms with Crippen molar-refractivity contribution in [1.82, 2.24) is 9.88 Å². The Bertz CT molecular complexity index is 798. The zero-order valence-corrected chi connectivity index (χ0v) is 13.8. The lowest BCUT2D eigenvalue weighted by atomic mass is 10.2. The third-order valence-corrected chi connectivity index (χ3v) is 4.36. The summed E-state index contributed by atoms with van der Waals surface area (Å²) in [6.07, 6.45) is 0. The third-order valence-electron chi connectivity index (χ3n) is 3.41. The maximum atomic E-state index is 12.3. The lowest BCUT2D eigenvalue weighted by Gasteiger charge is -2.17. The van der Waals surface area contributed by atoms with E-state index in [0.717, 1.165) is 21.5 Å². The van der Waals surface area contributed by atoms with Gasteiger partial charge in [0.15, 0.2) is 5.13 Å². The van der Waals surface area contributed by atoms with E-state index in [-0.39, 0.29) is 6.03 Å². The number of hydrogen-bond donors (Lipinski definition) is 1. The van der Waals surface area contributed by atoms with Crippen LogP contribution in [-0.2, 0) is 6.54 Å². The Kier molecular flexibility index (Phi) is 4.43. The zero-order valence-electron chi connectivity index (χ0n) is 12.9. The number of amides is 2. The van der Waals surface area contributed by atoms with Crippen molar-refractivity contribution in [3.05, 3.63) is 54.1 Å². The van der Waals surface area contributed by atoms with Gasteiger partial charge in [0.25, 0.3) is 0 Å². The topological polar surface area (TPSA) is 54.5 Å². The molecule has 118 valence electrons. The van der Waals surface area contributed by atoms with Crippen LogP contribution >= 0.6 is 11.3 Å². The number of nitrogens with one attached hydrogen (secondary N) is 1. The number of para-hydroxylation sites is 1. The fourth-order valence-electron chi connectivity index (χ4n) is 2.23. The van der Waals surface area contributed by atoms with Crippen molar-refractivity contribution in [2.75, 3.05) is 19.5 Å². The minimum Gasteiger partial charge on any atom is -0.497 e. The normalized spacial score (nSPS) is 10.5. The molecule has 0 saturated carbocycles. The summed E-state index contributed by atoms with van der Waals surface area (Å²) in [5, 5.41) is 3.45. The van der Waals surface area contributed by atoms with Crippen molar-refractivity contribution < 1.29 is 9.53 Å². The average Bonchev–Trinajstić information content (AvgIpc) is 2.97. The second-order valence-electron chi connectivity index (χ2n) is 5.12. The fraction of sp³-hybridized carbons (Fsp3) is 0.176. The van der Waals surface area contributed by atoms with Gasteiger partial charge in [-0.15, -0.1) is 0 Å². The number of carbonyl (C=O) groups is 1. The first-order chi connectivity index (χ1) is 11.2. The molecule has 0 radical (unpaired) electrons. The summed E-state index contributed by atoms with van der Waals surface area (Å²) in [4.78, 5) is 18.3. The number of aromatic nitrogens is 1. The fourth-order valence-corrected chi connectivity index (χ4v) is 3.08. The first kappa shape index (κ1) is 15.3. The standard InChI is InChI=1S/C17H17N3O2S/c1-20(11-12-6-5-7-13(10-12)22-2)17(21)19-16-18-14-8-3-4-9-15(14)23-16/h3-10H,11H2,1-2H3,(H,18,19,21). The van der Waals surface area contributed by atoms with Gasteiger partial charge in [-0.2, -0.15) is 0 Å². The first-order valence-electron chi connectivity index (χ1n) is 7.16.